The monoisotopic (exact) mass is 265 g/mol. The third kappa shape index (κ3) is 6.05. The van der Waals surface area contributed by atoms with Crippen molar-refractivity contribution in [3.8, 4) is 5.75 Å². The summed E-state index contributed by atoms with van der Waals surface area (Å²) in [5, 5.41) is 3.45. The van der Waals surface area contributed by atoms with Crippen LogP contribution in [0.15, 0.2) is 30.3 Å². The van der Waals surface area contributed by atoms with Crippen molar-refractivity contribution in [3.63, 3.8) is 0 Å². The average Bonchev–Trinajstić information content (AvgIpc) is 3.26. The Morgan fingerprint density at radius 2 is 2.00 bits per heavy atom. The first kappa shape index (κ1) is 14.3. The molecule has 0 bridgehead atoms. The quantitative estimate of drug-likeness (QED) is 0.655. The van der Waals surface area contributed by atoms with E-state index in [4.69, 9.17) is 14.2 Å². The first-order chi connectivity index (χ1) is 9.38. The predicted octanol–water partition coefficient (Wildman–Crippen LogP) is 1.85. The van der Waals surface area contributed by atoms with Gasteiger partial charge in [-0.2, -0.15) is 0 Å². The lowest BCUT2D eigenvalue weighted by Crippen LogP contribution is -2.34. The molecule has 1 aliphatic rings. The normalized spacial score (nSPS) is 16.3. The summed E-state index contributed by atoms with van der Waals surface area (Å²) < 4.78 is 16.5. The maximum absolute atomic E-state index is 5.77. The molecule has 0 aliphatic heterocycles. The first-order valence-electron chi connectivity index (χ1n) is 6.90. The van der Waals surface area contributed by atoms with Crippen LogP contribution >= 0.6 is 0 Å². The van der Waals surface area contributed by atoms with Crippen molar-refractivity contribution in [1.29, 1.82) is 0 Å². The van der Waals surface area contributed by atoms with E-state index in [9.17, 15) is 0 Å². The standard InChI is InChI=1S/C15H23NO3/c1-17-12-15(11-16-13-7-8-13)19-10-9-18-14-5-3-2-4-6-14/h2-6,13,15-16H,7-12H2,1H3. The first-order valence-corrected chi connectivity index (χ1v) is 6.90. The van der Waals surface area contributed by atoms with Crippen LogP contribution in [0.25, 0.3) is 0 Å². The number of hydrogen-bond donors (Lipinski definition) is 1. The Morgan fingerprint density at radius 1 is 1.21 bits per heavy atom. The van der Waals surface area contributed by atoms with Crippen molar-refractivity contribution in [1.82, 2.24) is 5.32 Å². The van der Waals surface area contributed by atoms with E-state index < -0.39 is 0 Å². The van der Waals surface area contributed by atoms with Gasteiger partial charge in [0.15, 0.2) is 0 Å². The zero-order valence-electron chi connectivity index (χ0n) is 11.5. The Balaban J connectivity index is 1.58. The van der Waals surface area contributed by atoms with Crippen LogP contribution in [-0.2, 0) is 9.47 Å². The van der Waals surface area contributed by atoms with Gasteiger partial charge in [-0.15, -0.1) is 0 Å². The lowest BCUT2D eigenvalue weighted by atomic mass is 10.3. The van der Waals surface area contributed by atoms with E-state index in [-0.39, 0.29) is 6.10 Å². The summed E-state index contributed by atoms with van der Waals surface area (Å²) >= 11 is 0. The molecule has 1 atom stereocenters. The molecule has 1 N–H and O–H groups in total. The number of nitrogens with one attached hydrogen (secondary N) is 1. The molecule has 2 rings (SSSR count). The van der Waals surface area contributed by atoms with Gasteiger partial charge in [-0.1, -0.05) is 18.2 Å². The molecule has 0 saturated heterocycles. The summed E-state index contributed by atoms with van der Waals surface area (Å²) in [6.45, 7) is 2.61. The van der Waals surface area contributed by atoms with Gasteiger partial charge in [0.25, 0.3) is 0 Å². The Hall–Kier alpha value is -1.10. The molecule has 4 nitrogen and oxygen atoms in total. The molecule has 1 aromatic rings. The van der Waals surface area contributed by atoms with E-state index in [1.54, 1.807) is 7.11 Å². The van der Waals surface area contributed by atoms with E-state index in [1.807, 2.05) is 30.3 Å². The summed E-state index contributed by atoms with van der Waals surface area (Å²) in [7, 11) is 1.70. The van der Waals surface area contributed by atoms with Crippen molar-refractivity contribution in [3.05, 3.63) is 30.3 Å². The molecule has 1 unspecified atom stereocenters. The maximum Gasteiger partial charge on any atom is 0.119 e. The summed E-state index contributed by atoms with van der Waals surface area (Å²) in [5.74, 6) is 0.880. The smallest absolute Gasteiger partial charge is 0.119 e. The lowest BCUT2D eigenvalue weighted by Gasteiger charge is -2.18. The second kappa shape index (κ2) is 8.15. The molecular formula is C15H23NO3. The minimum atomic E-state index is 0.102. The second-order valence-corrected chi connectivity index (χ2v) is 4.79. The fraction of sp³-hybridized carbons (Fsp3) is 0.600. The molecule has 0 spiro atoms. The van der Waals surface area contributed by atoms with Crippen LogP contribution in [0.2, 0.25) is 0 Å². The van der Waals surface area contributed by atoms with Gasteiger partial charge < -0.3 is 19.5 Å². The largest absolute Gasteiger partial charge is 0.491 e. The van der Waals surface area contributed by atoms with Crippen molar-refractivity contribution in [2.24, 2.45) is 0 Å². The number of ether oxygens (including phenoxy) is 3. The highest BCUT2D eigenvalue weighted by molar-refractivity contribution is 5.20. The predicted molar refractivity (Wildman–Crippen MR) is 74.6 cm³/mol. The molecule has 1 aliphatic carbocycles. The fourth-order valence-electron chi connectivity index (χ4n) is 1.83. The number of benzene rings is 1. The third-order valence-corrected chi connectivity index (χ3v) is 3.01. The Morgan fingerprint density at radius 3 is 2.68 bits per heavy atom. The summed E-state index contributed by atoms with van der Waals surface area (Å²) in [4.78, 5) is 0. The Bertz CT molecular complexity index is 341. The second-order valence-electron chi connectivity index (χ2n) is 4.79. The van der Waals surface area contributed by atoms with Crippen LogP contribution in [0.3, 0.4) is 0 Å². The van der Waals surface area contributed by atoms with Crippen LogP contribution in [0.4, 0.5) is 0 Å². The van der Waals surface area contributed by atoms with E-state index in [1.165, 1.54) is 12.8 Å². The molecule has 1 fully saturated rings. The van der Waals surface area contributed by atoms with Crippen LogP contribution < -0.4 is 10.1 Å². The summed E-state index contributed by atoms with van der Waals surface area (Å²) in [6, 6.07) is 10.5. The SMILES string of the molecule is COCC(CNC1CC1)OCCOc1ccccc1. The highest BCUT2D eigenvalue weighted by atomic mass is 16.5. The number of para-hydroxylation sites is 1. The van der Waals surface area contributed by atoms with E-state index in [0.29, 0.717) is 25.9 Å². The minimum Gasteiger partial charge on any atom is -0.491 e. The van der Waals surface area contributed by atoms with E-state index in [2.05, 4.69) is 5.32 Å². The zero-order chi connectivity index (χ0) is 13.3. The van der Waals surface area contributed by atoms with Crippen molar-refractivity contribution in [2.45, 2.75) is 25.0 Å². The van der Waals surface area contributed by atoms with Gasteiger partial charge in [0.1, 0.15) is 12.4 Å². The molecule has 1 aromatic carbocycles. The van der Waals surface area contributed by atoms with Crippen LogP contribution in [-0.4, -0.2) is 45.6 Å². The minimum absolute atomic E-state index is 0.102. The van der Waals surface area contributed by atoms with Gasteiger partial charge in [0.05, 0.1) is 19.3 Å². The number of rotatable bonds is 10. The Kier molecular flexibility index (Phi) is 6.14. The van der Waals surface area contributed by atoms with Gasteiger partial charge in [-0.3, -0.25) is 0 Å². The van der Waals surface area contributed by atoms with Crippen LogP contribution in [0, 0.1) is 0 Å². The highest BCUT2D eigenvalue weighted by Gasteiger charge is 2.22. The topological polar surface area (TPSA) is 39.7 Å². The van der Waals surface area contributed by atoms with Crippen LogP contribution in [0.1, 0.15) is 12.8 Å². The molecule has 0 heterocycles. The van der Waals surface area contributed by atoms with Gasteiger partial charge in [-0.25, -0.2) is 0 Å². The molecule has 106 valence electrons. The third-order valence-electron chi connectivity index (χ3n) is 3.01. The van der Waals surface area contributed by atoms with E-state index >= 15 is 0 Å². The average molecular weight is 265 g/mol. The maximum atomic E-state index is 5.77. The summed E-state index contributed by atoms with van der Waals surface area (Å²) in [6.07, 6.45) is 2.68. The molecule has 0 radical (unpaired) electrons. The number of methoxy groups -OCH3 is 1. The zero-order valence-corrected chi connectivity index (χ0v) is 11.5. The molecule has 19 heavy (non-hydrogen) atoms. The summed E-state index contributed by atoms with van der Waals surface area (Å²) in [5.41, 5.74) is 0. The molecular weight excluding hydrogens is 242 g/mol. The van der Waals surface area contributed by atoms with Gasteiger partial charge in [-0.05, 0) is 25.0 Å². The van der Waals surface area contributed by atoms with Crippen LogP contribution in [0.5, 0.6) is 5.75 Å². The highest BCUT2D eigenvalue weighted by Crippen LogP contribution is 2.18. The van der Waals surface area contributed by atoms with Gasteiger partial charge in [0.2, 0.25) is 0 Å². The molecule has 0 amide bonds. The van der Waals surface area contributed by atoms with Crippen molar-refractivity contribution < 1.29 is 14.2 Å². The van der Waals surface area contributed by atoms with Gasteiger partial charge >= 0.3 is 0 Å². The molecule has 1 saturated carbocycles. The van der Waals surface area contributed by atoms with Crippen molar-refractivity contribution in [2.75, 3.05) is 33.5 Å². The van der Waals surface area contributed by atoms with Crippen molar-refractivity contribution >= 4 is 0 Å². The molecule has 4 heteroatoms. The number of hydrogen-bond acceptors (Lipinski definition) is 4. The molecule has 0 aromatic heterocycles. The fourth-order valence-corrected chi connectivity index (χ4v) is 1.83. The van der Waals surface area contributed by atoms with Gasteiger partial charge in [0, 0.05) is 19.7 Å². The lowest BCUT2D eigenvalue weighted by molar-refractivity contribution is -0.0116. The Labute approximate surface area is 115 Å². The van der Waals surface area contributed by atoms with E-state index in [0.717, 1.165) is 12.3 Å².